The largest absolute Gasteiger partial charge is 0.497 e. The molecule has 0 aliphatic heterocycles. The molecule has 0 saturated heterocycles. The number of carbonyl (C=O) groups is 2. The van der Waals surface area contributed by atoms with Crippen LogP contribution < -0.4 is 14.9 Å². The molecular formula is C23H20N2O4. The second-order valence-corrected chi connectivity index (χ2v) is 6.26. The zero-order valence-electron chi connectivity index (χ0n) is 16.1. The van der Waals surface area contributed by atoms with Crippen molar-refractivity contribution in [3.05, 3.63) is 95.1 Å². The molecule has 0 heterocycles. The number of hydrazone groups is 1. The lowest BCUT2D eigenvalue weighted by Crippen LogP contribution is -2.17. The second-order valence-electron chi connectivity index (χ2n) is 6.26. The highest BCUT2D eigenvalue weighted by atomic mass is 16.5. The zero-order valence-corrected chi connectivity index (χ0v) is 16.1. The van der Waals surface area contributed by atoms with Crippen LogP contribution in [0.3, 0.4) is 0 Å². The first-order valence-corrected chi connectivity index (χ1v) is 8.91. The molecule has 0 fully saturated rings. The van der Waals surface area contributed by atoms with Crippen LogP contribution >= 0.6 is 0 Å². The van der Waals surface area contributed by atoms with Gasteiger partial charge in [0.15, 0.2) is 0 Å². The first-order valence-electron chi connectivity index (χ1n) is 8.91. The minimum atomic E-state index is -0.419. The van der Waals surface area contributed by atoms with E-state index in [0.29, 0.717) is 22.6 Å². The molecule has 0 saturated carbocycles. The lowest BCUT2D eigenvalue weighted by atomic mass is 10.1. The molecule has 0 radical (unpaired) electrons. The van der Waals surface area contributed by atoms with Crippen LogP contribution in [0.5, 0.6) is 11.5 Å². The number of nitrogens with zero attached hydrogens (tertiary/aromatic N) is 1. The normalized spacial score (nSPS) is 10.6. The molecule has 6 heteroatoms. The summed E-state index contributed by atoms with van der Waals surface area (Å²) in [6.45, 7) is 1.95. The quantitative estimate of drug-likeness (QED) is 0.300. The fourth-order valence-corrected chi connectivity index (χ4v) is 2.47. The highest BCUT2D eigenvalue weighted by Crippen LogP contribution is 2.14. The molecule has 3 aromatic rings. The molecule has 6 nitrogen and oxygen atoms in total. The summed E-state index contributed by atoms with van der Waals surface area (Å²) in [4.78, 5) is 24.2. The van der Waals surface area contributed by atoms with Gasteiger partial charge >= 0.3 is 5.97 Å². The van der Waals surface area contributed by atoms with E-state index in [9.17, 15) is 9.59 Å². The van der Waals surface area contributed by atoms with Crippen molar-refractivity contribution in [2.24, 2.45) is 5.10 Å². The van der Waals surface area contributed by atoms with Gasteiger partial charge in [-0.05, 0) is 67.1 Å². The molecule has 3 aromatic carbocycles. The Kier molecular flexibility index (Phi) is 6.37. The van der Waals surface area contributed by atoms with E-state index in [2.05, 4.69) is 10.5 Å². The van der Waals surface area contributed by atoms with Gasteiger partial charge < -0.3 is 9.47 Å². The van der Waals surface area contributed by atoms with E-state index in [4.69, 9.17) is 9.47 Å². The predicted octanol–water partition coefficient (Wildman–Crippen LogP) is 3.99. The van der Waals surface area contributed by atoms with Crippen molar-refractivity contribution < 1.29 is 19.1 Å². The molecule has 0 bridgehead atoms. The van der Waals surface area contributed by atoms with E-state index < -0.39 is 5.97 Å². The maximum Gasteiger partial charge on any atom is 0.343 e. The van der Waals surface area contributed by atoms with Crippen LogP contribution in [0, 0.1) is 6.92 Å². The molecule has 0 aliphatic rings. The number of carbonyl (C=O) groups excluding carboxylic acids is 2. The van der Waals surface area contributed by atoms with Crippen LogP contribution in [-0.2, 0) is 0 Å². The van der Waals surface area contributed by atoms with E-state index in [-0.39, 0.29) is 5.91 Å². The molecule has 0 aromatic heterocycles. The molecule has 1 N–H and O–H groups in total. The van der Waals surface area contributed by atoms with Crippen LogP contribution in [-0.4, -0.2) is 25.2 Å². The lowest BCUT2D eigenvalue weighted by Gasteiger charge is -2.05. The Morgan fingerprint density at radius 2 is 1.62 bits per heavy atom. The minimum absolute atomic E-state index is 0.344. The summed E-state index contributed by atoms with van der Waals surface area (Å²) in [5.74, 6) is 0.256. The van der Waals surface area contributed by atoms with Crippen molar-refractivity contribution >= 4 is 18.1 Å². The van der Waals surface area contributed by atoms with Gasteiger partial charge in [0.05, 0.1) is 18.9 Å². The van der Waals surface area contributed by atoms with Crippen LogP contribution in [0.25, 0.3) is 0 Å². The minimum Gasteiger partial charge on any atom is -0.497 e. The first-order chi connectivity index (χ1) is 14.0. The standard InChI is InChI=1S/C23H20N2O4/c1-16-6-10-18(11-7-16)23(27)29-20-12-8-17(9-13-20)15-24-25-22(26)19-4-3-5-21(14-19)28-2/h3-15H,1-2H3,(H,25,26)/b24-15-. The Morgan fingerprint density at radius 3 is 2.31 bits per heavy atom. The lowest BCUT2D eigenvalue weighted by molar-refractivity contribution is 0.0734. The van der Waals surface area contributed by atoms with Gasteiger partial charge in [-0.3, -0.25) is 4.79 Å². The van der Waals surface area contributed by atoms with Gasteiger partial charge in [0.2, 0.25) is 0 Å². The Balaban J connectivity index is 1.56. The van der Waals surface area contributed by atoms with Crippen molar-refractivity contribution in [1.82, 2.24) is 5.43 Å². The molecule has 0 unspecified atom stereocenters. The summed E-state index contributed by atoms with van der Waals surface area (Å²) in [5, 5.41) is 3.95. The average Bonchev–Trinajstić information content (AvgIpc) is 2.75. The molecule has 0 aliphatic carbocycles. The van der Waals surface area contributed by atoms with Crippen LogP contribution in [0.2, 0.25) is 0 Å². The fourth-order valence-electron chi connectivity index (χ4n) is 2.47. The van der Waals surface area contributed by atoms with Crippen molar-refractivity contribution in [2.45, 2.75) is 6.92 Å². The molecule has 3 rings (SSSR count). The number of hydrogen-bond donors (Lipinski definition) is 1. The summed E-state index contributed by atoms with van der Waals surface area (Å²) < 4.78 is 10.4. The average molecular weight is 388 g/mol. The summed E-state index contributed by atoms with van der Waals surface area (Å²) in [6, 6.07) is 20.7. The highest BCUT2D eigenvalue weighted by Gasteiger charge is 2.08. The number of aryl methyl sites for hydroxylation is 1. The van der Waals surface area contributed by atoms with Gasteiger partial charge in [0.25, 0.3) is 5.91 Å². The van der Waals surface area contributed by atoms with Crippen LogP contribution in [0.1, 0.15) is 31.8 Å². The van der Waals surface area contributed by atoms with Crippen molar-refractivity contribution in [1.29, 1.82) is 0 Å². The van der Waals surface area contributed by atoms with Gasteiger partial charge in [-0.25, -0.2) is 10.2 Å². The fraction of sp³-hybridized carbons (Fsp3) is 0.0870. The van der Waals surface area contributed by atoms with Crippen molar-refractivity contribution in [3.63, 3.8) is 0 Å². The van der Waals surface area contributed by atoms with E-state index in [1.807, 2.05) is 19.1 Å². The number of nitrogens with one attached hydrogen (secondary N) is 1. The van der Waals surface area contributed by atoms with Gasteiger partial charge in [-0.1, -0.05) is 23.8 Å². The maximum atomic E-state index is 12.1. The number of rotatable bonds is 6. The van der Waals surface area contributed by atoms with E-state index in [1.165, 1.54) is 13.3 Å². The molecular weight excluding hydrogens is 368 g/mol. The number of ether oxygens (including phenoxy) is 2. The smallest absolute Gasteiger partial charge is 0.343 e. The molecule has 1 amide bonds. The Bertz CT molecular complexity index is 1030. The maximum absolute atomic E-state index is 12.1. The van der Waals surface area contributed by atoms with Gasteiger partial charge in [-0.2, -0.15) is 5.10 Å². The van der Waals surface area contributed by atoms with Crippen LogP contribution in [0.15, 0.2) is 77.9 Å². The van der Waals surface area contributed by atoms with Gasteiger partial charge in [0, 0.05) is 5.56 Å². The van der Waals surface area contributed by atoms with E-state index in [1.54, 1.807) is 60.7 Å². The number of esters is 1. The molecule has 0 atom stereocenters. The second kappa shape index (κ2) is 9.32. The first kappa shape index (κ1) is 19.8. The monoisotopic (exact) mass is 388 g/mol. The van der Waals surface area contributed by atoms with Crippen LogP contribution in [0.4, 0.5) is 0 Å². The third-order valence-corrected chi connectivity index (χ3v) is 4.09. The summed E-state index contributed by atoms with van der Waals surface area (Å²) >= 11 is 0. The van der Waals surface area contributed by atoms with Gasteiger partial charge in [0.1, 0.15) is 11.5 Å². The summed E-state index contributed by atoms with van der Waals surface area (Å²) in [6.07, 6.45) is 1.50. The topological polar surface area (TPSA) is 77.0 Å². The molecule has 0 spiro atoms. The number of methoxy groups -OCH3 is 1. The Labute approximate surface area is 168 Å². The Morgan fingerprint density at radius 1 is 0.897 bits per heavy atom. The Hall–Kier alpha value is -3.93. The predicted molar refractivity (Wildman–Crippen MR) is 111 cm³/mol. The third kappa shape index (κ3) is 5.52. The number of hydrogen-bond acceptors (Lipinski definition) is 5. The summed E-state index contributed by atoms with van der Waals surface area (Å²) in [7, 11) is 1.54. The van der Waals surface area contributed by atoms with Gasteiger partial charge in [-0.15, -0.1) is 0 Å². The van der Waals surface area contributed by atoms with Crippen molar-refractivity contribution in [2.75, 3.05) is 7.11 Å². The molecule has 29 heavy (non-hydrogen) atoms. The molecule has 146 valence electrons. The zero-order chi connectivity index (χ0) is 20.6. The number of benzene rings is 3. The SMILES string of the molecule is COc1cccc(C(=O)N/N=C\c2ccc(OC(=O)c3ccc(C)cc3)cc2)c1. The third-order valence-electron chi connectivity index (χ3n) is 4.09. The van der Waals surface area contributed by atoms with Crippen molar-refractivity contribution in [3.8, 4) is 11.5 Å². The number of amides is 1. The highest BCUT2D eigenvalue weighted by molar-refractivity contribution is 5.95. The van der Waals surface area contributed by atoms with E-state index in [0.717, 1.165) is 11.1 Å². The van der Waals surface area contributed by atoms with E-state index >= 15 is 0 Å². The summed E-state index contributed by atoms with van der Waals surface area (Å²) in [5.41, 5.74) is 5.21.